The fourth-order valence-electron chi connectivity index (χ4n) is 2.54. The fourth-order valence-corrected chi connectivity index (χ4v) is 5.51. The third-order valence-electron chi connectivity index (χ3n) is 3.79. The molecule has 0 radical (unpaired) electrons. The molecule has 0 fully saturated rings. The molecule has 0 aliphatic rings. The van der Waals surface area contributed by atoms with E-state index in [9.17, 15) is 0 Å². The molecule has 1 aromatic carbocycles. The van der Waals surface area contributed by atoms with Crippen LogP contribution in [0.1, 0.15) is 38.5 Å². The first-order valence-corrected chi connectivity index (χ1v) is 10.2. The van der Waals surface area contributed by atoms with Crippen molar-refractivity contribution in [3.05, 3.63) is 30.3 Å². The Morgan fingerprint density at radius 2 is 1.40 bits per heavy atom. The normalized spacial score (nSPS) is 11.8. The molecule has 0 unspecified atom stereocenters. The van der Waals surface area contributed by atoms with Gasteiger partial charge in [-0.1, -0.05) is 62.4 Å². The minimum atomic E-state index is -2.21. The van der Waals surface area contributed by atoms with Crippen molar-refractivity contribution < 1.29 is 8.85 Å². The lowest BCUT2D eigenvalue weighted by molar-refractivity contribution is 0.256. The summed E-state index contributed by atoms with van der Waals surface area (Å²) in [6.07, 6.45) is 7.62. The van der Waals surface area contributed by atoms with E-state index in [0.29, 0.717) is 0 Å². The van der Waals surface area contributed by atoms with E-state index in [2.05, 4.69) is 36.9 Å². The number of hydrogen-bond donors (Lipinski definition) is 1. The van der Waals surface area contributed by atoms with Crippen LogP contribution in [0, 0.1) is 0 Å². The van der Waals surface area contributed by atoms with Crippen LogP contribution in [0.2, 0.25) is 6.04 Å². The number of unbranched alkanes of at least 4 members (excludes halogenated alkanes) is 5. The highest BCUT2D eigenvalue weighted by Gasteiger charge is 2.37. The Bertz CT molecular complexity index is 342. The summed E-state index contributed by atoms with van der Waals surface area (Å²) in [5.41, 5.74) is 0. The Morgan fingerprint density at radius 1 is 0.850 bits per heavy atom. The van der Waals surface area contributed by atoms with Crippen LogP contribution in [0.25, 0.3) is 0 Å². The summed E-state index contributed by atoms with van der Waals surface area (Å²) in [4.78, 5) is 0. The van der Waals surface area contributed by atoms with Gasteiger partial charge in [0.05, 0.1) is 0 Å². The van der Waals surface area contributed by atoms with Crippen LogP contribution in [-0.2, 0) is 8.85 Å². The first kappa shape index (κ1) is 17.8. The Labute approximate surface area is 130 Å². The molecule has 0 amide bonds. The molecule has 0 atom stereocenters. The second kappa shape index (κ2) is 10.4. The molecule has 0 saturated heterocycles. The molecule has 0 aliphatic carbocycles. The van der Waals surface area contributed by atoms with Gasteiger partial charge in [-0.25, -0.2) is 0 Å². The molecule has 0 heterocycles. The topological polar surface area (TPSA) is 18.5 Å². The minimum Gasteiger partial charge on any atom is -0.394 e. The largest absolute Gasteiger partial charge is 0.394 e. The van der Waals surface area contributed by atoms with E-state index in [1.807, 2.05) is 6.07 Å². The lowest BCUT2D eigenvalue weighted by atomic mass is 10.1. The van der Waals surface area contributed by atoms with Crippen molar-refractivity contribution >= 4 is 26.4 Å². The number of hydrogen-bond acceptors (Lipinski definition) is 3. The summed E-state index contributed by atoms with van der Waals surface area (Å²) in [5.74, 6) is 1.01. The highest BCUT2D eigenvalue weighted by molar-refractivity contribution is 7.80. The van der Waals surface area contributed by atoms with Gasteiger partial charge < -0.3 is 8.85 Å². The molecule has 20 heavy (non-hydrogen) atoms. The quantitative estimate of drug-likeness (QED) is 0.379. The highest BCUT2D eigenvalue weighted by atomic mass is 32.1. The van der Waals surface area contributed by atoms with Gasteiger partial charge in [0.25, 0.3) is 0 Å². The molecule has 0 bridgehead atoms. The summed E-state index contributed by atoms with van der Waals surface area (Å²) in [5, 5.41) is 1.24. The number of rotatable bonds is 11. The van der Waals surface area contributed by atoms with Gasteiger partial charge >= 0.3 is 8.56 Å². The summed E-state index contributed by atoms with van der Waals surface area (Å²) in [7, 11) is 1.37. The minimum absolute atomic E-state index is 1.01. The molecule has 0 aliphatic heterocycles. The molecular formula is C16H28O2SSi. The first-order chi connectivity index (χ1) is 9.79. The summed E-state index contributed by atoms with van der Waals surface area (Å²) in [6, 6.07) is 11.5. The maximum absolute atomic E-state index is 5.82. The molecule has 0 aromatic heterocycles. The zero-order chi connectivity index (χ0) is 14.7. The van der Waals surface area contributed by atoms with Gasteiger partial charge in [-0.3, -0.25) is 0 Å². The van der Waals surface area contributed by atoms with Gasteiger partial charge in [0.15, 0.2) is 0 Å². The van der Waals surface area contributed by atoms with Gasteiger partial charge in [-0.05, 0) is 23.4 Å². The monoisotopic (exact) mass is 312 g/mol. The third kappa shape index (κ3) is 5.60. The van der Waals surface area contributed by atoms with Crippen molar-refractivity contribution in [3.63, 3.8) is 0 Å². The van der Waals surface area contributed by atoms with Crippen LogP contribution < -0.4 is 5.19 Å². The lowest BCUT2D eigenvalue weighted by Crippen LogP contribution is -2.52. The molecule has 0 N–H and O–H groups in total. The summed E-state index contributed by atoms with van der Waals surface area (Å²) >= 11 is 4.24. The molecule has 2 nitrogen and oxygen atoms in total. The van der Waals surface area contributed by atoms with E-state index in [4.69, 9.17) is 8.85 Å². The maximum Gasteiger partial charge on any atom is 0.371 e. The average Bonchev–Trinajstić information content (AvgIpc) is 2.52. The zero-order valence-corrected chi connectivity index (χ0v) is 14.7. The molecule has 1 aromatic rings. The molecule has 0 saturated carbocycles. The Kier molecular flexibility index (Phi) is 9.27. The van der Waals surface area contributed by atoms with Gasteiger partial charge in [0.2, 0.25) is 0 Å². The second-order valence-corrected chi connectivity index (χ2v) is 8.97. The van der Waals surface area contributed by atoms with E-state index in [1.54, 1.807) is 14.2 Å². The van der Waals surface area contributed by atoms with Crippen molar-refractivity contribution in [1.29, 1.82) is 0 Å². The zero-order valence-electron chi connectivity index (χ0n) is 12.8. The van der Waals surface area contributed by atoms with Crippen molar-refractivity contribution in [1.82, 2.24) is 0 Å². The molecule has 1 rings (SSSR count). The van der Waals surface area contributed by atoms with Gasteiger partial charge in [-0.2, -0.15) is 12.6 Å². The molecule has 0 spiro atoms. The van der Waals surface area contributed by atoms with E-state index < -0.39 is 8.56 Å². The fraction of sp³-hybridized carbons (Fsp3) is 0.625. The predicted molar refractivity (Wildman–Crippen MR) is 92.2 cm³/mol. The predicted octanol–water partition coefficient (Wildman–Crippen LogP) is 3.90. The van der Waals surface area contributed by atoms with Crippen LogP contribution >= 0.6 is 12.6 Å². The second-order valence-electron chi connectivity index (χ2n) is 5.12. The molecule has 4 heteroatoms. The number of thiol groups is 1. The van der Waals surface area contributed by atoms with Gasteiger partial charge in [0, 0.05) is 14.2 Å². The Morgan fingerprint density at radius 3 is 1.95 bits per heavy atom. The van der Waals surface area contributed by atoms with E-state index >= 15 is 0 Å². The van der Waals surface area contributed by atoms with Crippen molar-refractivity contribution in [2.45, 2.75) is 44.6 Å². The Balaban J connectivity index is 2.40. The first-order valence-electron chi connectivity index (χ1n) is 7.56. The molecular weight excluding hydrogens is 284 g/mol. The SMILES string of the molecule is CO[Si](CCCCCCCCS)(OC)c1ccccc1. The van der Waals surface area contributed by atoms with Crippen LogP contribution in [0.15, 0.2) is 30.3 Å². The third-order valence-corrected chi connectivity index (χ3v) is 7.65. The van der Waals surface area contributed by atoms with Gasteiger partial charge in [0.1, 0.15) is 0 Å². The lowest BCUT2D eigenvalue weighted by Gasteiger charge is -2.27. The van der Waals surface area contributed by atoms with Crippen LogP contribution in [0.5, 0.6) is 0 Å². The van der Waals surface area contributed by atoms with E-state index in [1.165, 1.54) is 43.7 Å². The van der Waals surface area contributed by atoms with Crippen molar-refractivity contribution in [3.8, 4) is 0 Å². The van der Waals surface area contributed by atoms with Crippen LogP contribution in [-0.4, -0.2) is 28.5 Å². The van der Waals surface area contributed by atoms with Crippen molar-refractivity contribution in [2.24, 2.45) is 0 Å². The maximum atomic E-state index is 5.82. The van der Waals surface area contributed by atoms with Crippen LogP contribution in [0.4, 0.5) is 0 Å². The molecule has 114 valence electrons. The smallest absolute Gasteiger partial charge is 0.371 e. The summed E-state index contributed by atoms with van der Waals surface area (Å²) in [6.45, 7) is 0. The van der Waals surface area contributed by atoms with Gasteiger partial charge in [-0.15, -0.1) is 0 Å². The highest BCUT2D eigenvalue weighted by Crippen LogP contribution is 2.18. The number of benzene rings is 1. The van der Waals surface area contributed by atoms with E-state index in [0.717, 1.165) is 11.8 Å². The summed E-state index contributed by atoms with van der Waals surface area (Å²) < 4.78 is 11.6. The van der Waals surface area contributed by atoms with E-state index in [-0.39, 0.29) is 0 Å². The standard InChI is InChI=1S/C16H28O2SSi/c1-17-20(18-2,16-12-8-7-9-13-16)15-11-6-4-3-5-10-14-19/h7-9,12-13,19H,3-6,10-11,14-15H2,1-2H3. The van der Waals surface area contributed by atoms with Crippen molar-refractivity contribution in [2.75, 3.05) is 20.0 Å². The average molecular weight is 313 g/mol. The Hall–Kier alpha value is -0.293. The van der Waals surface area contributed by atoms with Crippen LogP contribution in [0.3, 0.4) is 0 Å².